The molecule has 0 radical (unpaired) electrons. The van der Waals surface area contributed by atoms with Crippen LogP contribution in [-0.4, -0.2) is 34.1 Å². The van der Waals surface area contributed by atoms with Crippen LogP contribution in [0, 0.1) is 13.8 Å². The van der Waals surface area contributed by atoms with Crippen LogP contribution in [0.1, 0.15) is 34.3 Å². The highest BCUT2D eigenvalue weighted by atomic mass is 16.4. The highest BCUT2D eigenvalue weighted by Crippen LogP contribution is 2.25. The molecule has 142 valence electrons. The number of amides is 1. The van der Waals surface area contributed by atoms with Crippen LogP contribution in [0.25, 0.3) is 0 Å². The van der Waals surface area contributed by atoms with E-state index in [-0.39, 0.29) is 18.4 Å². The molecule has 0 aliphatic heterocycles. The Kier molecular flexibility index (Phi) is 6.54. The molecular formula is C20H22N2O5. The second kappa shape index (κ2) is 8.84. The molecule has 0 aliphatic carbocycles. The summed E-state index contributed by atoms with van der Waals surface area (Å²) in [6.07, 6.45) is -0.539. The summed E-state index contributed by atoms with van der Waals surface area (Å²) >= 11 is 0. The molecule has 7 nitrogen and oxygen atoms in total. The fourth-order valence-corrected chi connectivity index (χ4v) is 2.58. The quantitative estimate of drug-likeness (QED) is 0.567. The molecule has 0 heterocycles. The van der Waals surface area contributed by atoms with Crippen LogP contribution in [0.4, 0.5) is 11.4 Å². The maximum absolute atomic E-state index is 12.6. The van der Waals surface area contributed by atoms with Crippen LogP contribution < -0.4 is 10.6 Å². The van der Waals surface area contributed by atoms with E-state index in [9.17, 15) is 19.5 Å². The van der Waals surface area contributed by atoms with Gasteiger partial charge in [-0.3, -0.25) is 9.59 Å². The lowest BCUT2D eigenvalue weighted by Gasteiger charge is -2.17. The Morgan fingerprint density at radius 1 is 0.963 bits per heavy atom. The highest BCUT2D eigenvalue weighted by molar-refractivity contribution is 6.02. The largest absolute Gasteiger partial charge is 0.481 e. The van der Waals surface area contributed by atoms with Crippen molar-refractivity contribution in [2.24, 2.45) is 0 Å². The molecule has 1 amide bonds. The first-order valence-electron chi connectivity index (χ1n) is 8.47. The van der Waals surface area contributed by atoms with E-state index < -0.39 is 23.9 Å². The minimum absolute atomic E-state index is 0.191. The van der Waals surface area contributed by atoms with E-state index in [4.69, 9.17) is 5.11 Å². The molecule has 0 bridgehead atoms. The van der Waals surface area contributed by atoms with Crippen molar-refractivity contribution in [3.63, 3.8) is 0 Å². The third-order valence-corrected chi connectivity index (χ3v) is 4.30. The lowest BCUT2D eigenvalue weighted by atomic mass is 10.1. The van der Waals surface area contributed by atoms with Crippen LogP contribution in [0.3, 0.4) is 0 Å². The van der Waals surface area contributed by atoms with Gasteiger partial charge in [0.05, 0.1) is 11.3 Å². The summed E-state index contributed by atoms with van der Waals surface area (Å²) in [5, 5.41) is 23.6. The molecule has 27 heavy (non-hydrogen) atoms. The molecule has 1 atom stereocenters. The number of aryl methyl sites for hydroxylation is 1. The highest BCUT2D eigenvalue weighted by Gasteiger charge is 2.23. The Hall–Kier alpha value is -3.35. The molecule has 0 fully saturated rings. The minimum atomic E-state index is -1.28. The number of carbonyl (C=O) groups excluding carboxylic acids is 1. The number of carboxylic acids is 2. The number of hydrogen-bond acceptors (Lipinski definition) is 4. The van der Waals surface area contributed by atoms with Gasteiger partial charge in [0.1, 0.15) is 6.04 Å². The zero-order valence-corrected chi connectivity index (χ0v) is 15.2. The molecule has 1 unspecified atom stereocenters. The standard InChI is InChI=1S/C20H22N2O5/c1-12-6-5-9-15(13(12)2)21-16-8-4-3-7-14(16)19(25)22-17(20(26)27)10-11-18(23)24/h3-9,17,21H,10-11H2,1-2H3,(H,22,25)(H,23,24)(H,26,27). The number of hydrogen-bond donors (Lipinski definition) is 4. The number of rotatable bonds is 8. The van der Waals surface area contributed by atoms with Crippen molar-refractivity contribution in [3.8, 4) is 0 Å². The zero-order valence-electron chi connectivity index (χ0n) is 15.2. The Morgan fingerprint density at radius 2 is 1.63 bits per heavy atom. The Bertz CT molecular complexity index is 863. The predicted octanol–water partition coefficient (Wildman–Crippen LogP) is 3.09. The van der Waals surface area contributed by atoms with Crippen LogP contribution in [0.15, 0.2) is 42.5 Å². The SMILES string of the molecule is Cc1cccc(Nc2ccccc2C(=O)NC(CCC(=O)O)C(=O)O)c1C. The summed E-state index contributed by atoms with van der Waals surface area (Å²) in [6.45, 7) is 3.95. The van der Waals surface area contributed by atoms with Crippen LogP contribution in [0.2, 0.25) is 0 Å². The van der Waals surface area contributed by atoms with Gasteiger partial charge in [-0.1, -0.05) is 24.3 Å². The molecule has 0 aliphatic rings. The van der Waals surface area contributed by atoms with E-state index in [0.29, 0.717) is 5.69 Å². The first-order valence-corrected chi connectivity index (χ1v) is 8.47. The van der Waals surface area contributed by atoms with Gasteiger partial charge in [-0.05, 0) is 49.6 Å². The van der Waals surface area contributed by atoms with Gasteiger partial charge in [0, 0.05) is 12.1 Å². The summed E-state index contributed by atoms with van der Waals surface area (Å²) in [5.74, 6) is -2.97. The van der Waals surface area contributed by atoms with Crippen LogP contribution in [0.5, 0.6) is 0 Å². The van der Waals surface area contributed by atoms with E-state index in [2.05, 4.69) is 10.6 Å². The predicted molar refractivity (Wildman–Crippen MR) is 101 cm³/mol. The van der Waals surface area contributed by atoms with Crippen LogP contribution in [-0.2, 0) is 9.59 Å². The normalized spacial score (nSPS) is 11.5. The van der Waals surface area contributed by atoms with Gasteiger partial charge >= 0.3 is 11.9 Å². The average molecular weight is 370 g/mol. The van der Waals surface area contributed by atoms with Gasteiger partial charge in [0.15, 0.2) is 0 Å². The summed E-state index contributed by atoms with van der Waals surface area (Å²) in [5.41, 5.74) is 3.79. The van der Waals surface area contributed by atoms with Gasteiger partial charge in [-0.25, -0.2) is 4.79 Å². The van der Waals surface area contributed by atoms with Gasteiger partial charge in [-0.15, -0.1) is 0 Å². The molecule has 7 heteroatoms. The summed E-state index contributed by atoms with van der Waals surface area (Å²) < 4.78 is 0. The van der Waals surface area contributed by atoms with Crippen molar-refractivity contribution in [1.82, 2.24) is 5.32 Å². The smallest absolute Gasteiger partial charge is 0.326 e. The van der Waals surface area contributed by atoms with E-state index in [1.807, 2.05) is 32.0 Å². The lowest BCUT2D eigenvalue weighted by Crippen LogP contribution is -2.41. The maximum Gasteiger partial charge on any atom is 0.326 e. The molecule has 0 saturated heterocycles. The molecule has 0 saturated carbocycles. The second-order valence-electron chi connectivity index (χ2n) is 6.21. The van der Waals surface area contributed by atoms with Gasteiger partial charge in [0.25, 0.3) is 5.91 Å². The number of nitrogens with one attached hydrogen (secondary N) is 2. The Balaban J connectivity index is 2.23. The first-order chi connectivity index (χ1) is 12.8. The fraction of sp³-hybridized carbons (Fsp3) is 0.250. The second-order valence-corrected chi connectivity index (χ2v) is 6.21. The van der Waals surface area contributed by atoms with E-state index >= 15 is 0 Å². The number of carboxylic acid groups (broad SMARTS) is 2. The summed E-state index contributed by atoms with van der Waals surface area (Å²) in [7, 11) is 0. The van der Waals surface area contributed by atoms with Gasteiger partial charge in [0.2, 0.25) is 0 Å². The molecule has 4 N–H and O–H groups in total. The van der Waals surface area contributed by atoms with Crippen molar-refractivity contribution < 1.29 is 24.6 Å². The summed E-state index contributed by atoms with van der Waals surface area (Å²) in [4.78, 5) is 34.6. The number of anilines is 2. The Labute approximate surface area is 157 Å². The van der Waals surface area contributed by atoms with Crippen molar-refractivity contribution >= 4 is 29.2 Å². The van der Waals surface area contributed by atoms with Crippen molar-refractivity contribution in [2.75, 3.05) is 5.32 Å². The van der Waals surface area contributed by atoms with E-state index in [0.717, 1.165) is 16.8 Å². The number of benzene rings is 2. The number of carbonyl (C=O) groups is 3. The molecule has 2 rings (SSSR count). The molecular weight excluding hydrogens is 348 g/mol. The van der Waals surface area contributed by atoms with Crippen molar-refractivity contribution in [1.29, 1.82) is 0 Å². The van der Waals surface area contributed by atoms with E-state index in [1.165, 1.54) is 0 Å². The molecule has 0 spiro atoms. The van der Waals surface area contributed by atoms with Gasteiger partial charge < -0.3 is 20.8 Å². The Morgan fingerprint density at radius 3 is 2.30 bits per heavy atom. The van der Waals surface area contributed by atoms with E-state index in [1.54, 1.807) is 24.3 Å². The monoisotopic (exact) mass is 370 g/mol. The summed E-state index contributed by atoms with van der Waals surface area (Å²) in [6, 6.07) is 11.3. The average Bonchev–Trinajstić information content (AvgIpc) is 2.62. The fourth-order valence-electron chi connectivity index (χ4n) is 2.58. The maximum atomic E-state index is 12.6. The van der Waals surface area contributed by atoms with Crippen molar-refractivity contribution in [3.05, 3.63) is 59.2 Å². The zero-order chi connectivity index (χ0) is 20.0. The van der Waals surface area contributed by atoms with Gasteiger partial charge in [-0.2, -0.15) is 0 Å². The van der Waals surface area contributed by atoms with Crippen LogP contribution >= 0.6 is 0 Å². The molecule has 0 aromatic heterocycles. The first kappa shape index (κ1) is 20.0. The third-order valence-electron chi connectivity index (χ3n) is 4.30. The van der Waals surface area contributed by atoms with Crippen molar-refractivity contribution in [2.45, 2.75) is 32.7 Å². The minimum Gasteiger partial charge on any atom is -0.481 e. The third kappa shape index (κ3) is 5.31. The topological polar surface area (TPSA) is 116 Å². The molecule has 2 aromatic carbocycles. The lowest BCUT2D eigenvalue weighted by molar-refractivity contribution is -0.140. The number of aliphatic carboxylic acids is 2. The molecule has 2 aromatic rings. The number of para-hydroxylation sites is 1.